The van der Waals surface area contributed by atoms with Crippen molar-refractivity contribution in [3.8, 4) is 0 Å². The van der Waals surface area contributed by atoms with Crippen molar-refractivity contribution in [3.63, 3.8) is 0 Å². The van der Waals surface area contributed by atoms with E-state index in [0.717, 1.165) is 25.7 Å². The molecule has 0 spiro atoms. The van der Waals surface area contributed by atoms with E-state index in [1.807, 2.05) is 0 Å². The molecule has 2 aromatic rings. The maximum absolute atomic E-state index is 9.10. The predicted octanol–water partition coefficient (Wildman–Crippen LogP) is 6.74. The van der Waals surface area contributed by atoms with Crippen LogP contribution in [0.1, 0.15) is 50.5 Å². The fourth-order valence-corrected chi connectivity index (χ4v) is 9.52. The molecule has 2 unspecified atom stereocenters. The zero-order valence-electron chi connectivity index (χ0n) is 19.0. The van der Waals surface area contributed by atoms with E-state index in [9.17, 15) is 0 Å². The lowest BCUT2D eigenvalue weighted by atomic mass is 10.2. The number of hydrogen-bond donors (Lipinski definition) is 1. The molecule has 0 aliphatic heterocycles. The molecule has 1 aliphatic carbocycles. The van der Waals surface area contributed by atoms with Gasteiger partial charge in [-0.25, -0.2) is 0 Å². The molecule has 2 aromatic carbocycles. The van der Waals surface area contributed by atoms with E-state index in [4.69, 9.17) is 5.11 Å². The van der Waals surface area contributed by atoms with Crippen LogP contribution in [0.25, 0.3) is 0 Å². The lowest BCUT2D eigenvalue weighted by molar-refractivity contribution is 0.282. The number of aryl methyl sites for hydroxylation is 1. The van der Waals surface area contributed by atoms with Gasteiger partial charge in [0.2, 0.25) is 0 Å². The quantitative estimate of drug-likeness (QED) is 0.250. The van der Waals surface area contributed by atoms with Crippen molar-refractivity contribution in [1.82, 2.24) is 0 Å². The lowest BCUT2D eigenvalue weighted by Crippen LogP contribution is -2.33. The second-order valence-corrected chi connectivity index (χ2v) is 12.5. The molecule has 0 bridgehead atoms. The third-order valence-electron chi connectivity index (χ3n) is 6.34. The highest BCUT2D eigenvalue weighted by Crippen LogP contribution is 2.63. The Hall–Kier alpha value is -1.95. The van der Waals surface area contributed by atoms with Crippen molar-refractivity contribution in [3.05, 3.63) is 96.6 Å². The first-order chi connectivity index (χ1) is 15.3. The highest BCUT2D eigenvalue weighted by Gasteiger charge is 2.47. The second-order valence-electron chi connectivity index (χ2n) is 8.58. The molecule has 0 aromatic heterocycles. The van der Waals surface area contributed by atoms with Gasteiger partial charge >= 0.3 is 0 Å². The molecule has 0 saturated carbocycles. The van der Waals surface area contributed by atoms with Crippen molar-refractivity contribution in [2.24, 2.45) is 0 Å². The topological polar surface area (TPSA) is 20.2 Å². The van der Waals surface area contributed by atoms with Crippen LogP contribution >= 0.6 is 7.26 Å². The molecular weight excluding hydrogens is 395 g/mol. The summed E-state index contributed by atoms with van der Waals surface area (Å²) in [6.07, 6.45) is 23.1. The summed E-state index contributed by atoms with van der Waals surface area (Å²) in [6.45, 7) is 2.50. The van der Waals surface area contributed by atoms with Crippen LogP contribution in [0.15, 0.2) is 91.1 Å². The highest BCUT2D eigenvalue weighted by molar-refractivity contribution is 7.90. The van der Waals surface area contributed by atoms with Crippen LogP contribution in [0.4, 0.5) is 0 Å². The van der Waals surface area contributed by atoms with Gasteiger partial charge in [0, 0.05) is 13.0 Å². The summed E-state index contributed by atoms with van der Waals surface area (Å²) in [6, 6.07) is 20.7. The van der Waals surface area contributed by atoms with E-state index >= 15 is 0 Å². The van der Waals surface area contributed by atoms with E-state index in [0.29, 0.717) is 12.3 Å². The molecule has 1 aliphatic rings. The van der Waals surface area contributed by atoms with Crippen LogP contribution in [0.3, 0.4) is 0 Å². The van der Waals surface area contributed by atoms with Crippen LogP contribution in [-0.2, 0) is 0 Å². The molecule has 0 saturated heterocycles. The largest absolute Gasteiger partial charge is 0.396 e. The van der Waals surface area contributed by atoms with Gasteiger partial charge in [-0.3, -0.25) is 0 Å². The number of benzene rings is 2. The summed E-state index contributed by atoms with van der Waals surface area (Å²) in [7, 11) is -1.64. The first-order valence-corrected chi connectivity index (χ1v) is 13.9. The Morgan fingerprint density at radius 3 is 2.26 bits per heavy atom. The molecule has 3 rings (SSSR count). The van der Waals surface area contributed by atoms with Gasteiger partial charge in [0.1, 0.15) is 5.66 Å². The number of rotatable bonds is 10. The van der Waals surface area contributed by atoms with Gasteiger partial charge in [-0.15, -0.1) is 0 Å². The van der Waals surface area contributed by atoms with Crippen molar-refractivity contribution < 1.29 is 5.11 Å². The predicted molar refractivity (Wildman–Crippen MR) is 139 cm³/mol. The van der Waals surface area contributed by atoms with E-state index in [1.54, 1.807) is 0 Å². The minimum absolute atomic E-state index is 0.317. The summed E-state index contributed by atoms with van der Waals surface area (Å²) >= 11 is 0. The molecular formula is C29H38OP+. The normalized spacial score (nSPS) is 20.3. The molecule has 0 radical (unpaired) electrons. The monoisotopic (exact) mass is 433 g/mol. The molecule has 164 valence electrons. The second kappa shape index (κ2) is 12.8. The summed E-state index contributed by atoms with van der Waals surface area (Å²) in [4.78, 5) is 0. The summed E-state index contributed by atoms with van der Waals surface area (Å²) in [5.74, 6) is 0. The first kappa shape index (κ1) is 23.7. The van der Waals surface area contributed by atoms with Gasteiger partial charge in [0.25, 0.3) is 0 Å². The third kappa shape index (κ3) is 6.52. The lowest BCUT2D eigenvalue weighted by Gasteiger charge is -2.33. The van der Waals surface area contributed by atoms with Crippen molar-refractivity contribution in [2.45, 2.75) is 57.5 Å². The van der Waals surface area contributed by atoms with E-state index in [-0.39, 0.29) is 0 Å². The molecule has 2 heteroatoms. The van der Waals surface area contributed by atoms with E-state index in [2.05, 4.69) is 98.0 Å². The van der Waals surface area contributed by atoms with Gasteiger partial charge in [0.05, 0.1) is 24.0 Å². The number of allylic oxidation sites excluding steroid dienone is 6. The van der Waals surface area contributed by atoms with Gasteiger partial charge in [-0.05, 0) is 62.9 Å². The van der Waals surface area contributed by atoms with Gasteiger partial charge in [-0.2, -0.15) is 0 Å². The Morgan fingerprint density at radius 1 is 0.774 bits per heavy atom. The fraction of sp³-hybridized carbons (Fsp3) is 0.379. The van der Waals surface area contributed by atoms with Crippen LogP contribution in [0, 0.1) is 6.92 Å². The minimum atomic E-state index is -1.64. The molecule has 1 nitrogen and oxygen atoms in total. The summed E-state index contributed by atoms with van der Waals surface area (Å²) < 4.78 is 0. The zero-order valence-corrected chi connectivity index (χ0v) is 19.9. The highest BCUT2D eigenvalue weighted by atomic mass is 31.2. The van der Waals surface area contributed by atoms with Crippen molar-refractivity contribution in [2.75, 3.05) is 12.8 Å². The third-order valence-corrected chi connectivity index (χ3v) is 11.3. The van der Waals surface area contributed by atoms with E-state index in [1.165, 1.54) is 41.6 Å². The number of hydrogen-bond acceptors (Lipinski definition) is 1. The zero-order chi connectivity index (χ0) is 21.8. The van der Waals surface area contributed by atoms with Crippen molar-refractivity contribution in [1.29, 1.82) is 0 Å². The Kier molecular flexibility index (Phi) is 9.79. The van der Waals surface area contributed by atoms with Crippen LogP contribution in [0.5, 0.6) is 0 Å². The fourth-order valence-electron chi connectivity index (χ4n) is 4.63. The van der Waals surface area contributed by atoms with Crippen molar-refractivity contribution >= 4 is 17.9 Å². The van der Waals surface area contributed by atoms with Crippen LogP contribution in [0.2, 0.25) is 0 Å². The minimum Gasteiger partial charge on any atom is -0.396 e. The first-order valence-electron chi connectivity index (χ1n) is 11.9. The maximum Gasteiger partial charge on any atom is 0.101 e. The average Bonchev–Trinajstić information content (AvgIpc) is 2.95. The van der Waals surface area contributed by atoms with Crippen LogP contribution in [-0.4, -0.2) is 23.5 Å². The molecule has 1 N–H and O–H groups in total. The SMILES string of the molecule is Cc1ccc([P+](CCCCCCCO)(c2ccccc2)C2C=C/C=C\C/C=C\C2)cc1. The Morgan fingerprint density at radius 2 is 1.48 bits per heavy atom. The molecule has 2 atom stereocenters. The Bertz CT molecular complexity index is 850. The number of aliphatic hydroxyl groups is 1. The van der Waals surface area contributed by atoms with Gasteiger partial charge in [-0.1, -0.05) is 79.1 Å². The Balaban J connectivity index is 2.02. The van der Waals surface area contributed by atoms with Gasteiger partial charge < -0.3 is 5.11 Å². The summed E-state index contributed by atoms with van der Waals surface area (Å²) in [5.41, 5.74) is 1.83. The molecule has 0 fully saturated rings. The van der Waals surface area contributed by atoms with Crippen LogP contribution < -0.4 is 10.6 Å². The maximum atomic E-state index is 9.10. The van der Waals surface area contributed by atoms with Gasteiger partial charge in [0.15, 0.2) is 0 Å². The molecule has 0 heterocycles. The van der Waals surface area contributed by atoms with E-state index < -0.39 is 7.26 Å². The Labute approximate surface area is 189 Å². The molecule has 31 heavy (non-hydrogen) atoms. The summed E-state index contributed by atoms with van der Waals surface area (Å²) in [5, 5.41) is 12.2. The number of unbranched alkanes of at least 4 members (excludes halogenated alkanes) is 4. The molecule has 0 amide bonds. The average molecular weight is 434 g/mol. The smallest absolute Gasteiger partial charge is 0.101 e. The number of aliphatic hydroxyl groups excluding tert-OH is 1. The standard InChI is InChI=1S/C29H38OP/c1-26-20-22-29(23-21-26)31(28-18-12-9-13-19-28,25-15-8-4-7-14-24-30)27-16-10-5-2-3-6-11-17-27/h2,5-6,9-13,16,18-23,27,30H,3-4,7-8,14-15,17,24-25H2,1H3/q+1/b5-2-,11-6-,16-10?.